The number of hydrogen-bond donors (Lipinski definition) is 1. The van der Waals surface area contributed by atoms with Gasteiger partial charge >= 0.3 is 0 Å². The fourth-order valence-electron chi connectivity index (χ4n) is 4.63. The highest BCUT2D eigenvalue weighted by atomic mass is 35.5. The molecule has 1 N–H and O–H groups in total. The number of rotatable bonds is 4. The van der Waals surface area contributed by atoms with Crippen LogP contribution in [0.25, 0.3) is 0 Å². The van der Waals surface area contributed by atoms with Crippen molar-refractivity contribution in [2.75, 3.05) is 16.8 Å². The van der Waals surface area contributed by atoms with Crippen LogP contribution in [0.4, 0.5) is 5.69 Å². The Morgan fingerprint density at radius 3 is 2.55 bits per heavy atom. The molecule has 2 aromatic carbocycles. The highest BCUT2D eigenvalue weighted by Crippen LogP contribution is 2.40. The lowest BCUT2D eigenvalue weighted by molar-refractivity contribution is 0.0666. The lowest BCUT2D eigenvalue weighted by Crippen LogP contribution is -2.42. The van der Waals surface area contributed by atoms with Gasteiger partial charge in [0.05, 0.1) is 34.4 Å². The quantitative estimate of drug-likeness (QED) is 0.597. The molecule has 9 heteroatoms. The minimum absolute atomic E-state index is 0.0280. The first kappa shape index (κ1) is 22.0. The fraction of sp³-hybridized carbons (Fsp3) is 0.333. The van der Waals surface area contributed by atoms with Crippen molar-refractivity contribution in [2.24, 2.45) is 0 Å². The van der Waals surface area contributed by atoms with Gasteiger partial charge in [-0.3, -0.25) is 4.79 Å². The van der Waals surface area contributed by atoms with Crippen molar-refractivity contribution in [3.8, 4) is 0 Å². The third-order valence-electron chi connectivity index (χ3n) is 6.39. The molecule has 1 aromatic heterocycles. The summed E-state index contributed by atoms with van der Waals surface area (Å²) >= 11 is 6.83. The van der Waals surface area contributed by atoms with Gasteiger partial charge in [-0.1, -0.05) is 53.6 Å². The predicted molar refractivity (Wildman–Crippen MR) is 128 cm³/mol. The lowest BCUT2D eigenvalue weighted by Gasteiger charge is -2.38. The first-order valence-electron chi connectivity index (χ1n) is 10.9. The normalized spacial score (nSPS) is 21.7. The van der Waals surface area contributed by atoms with E-state index in [1.165, 1.54) is 0 Å². The molecule has 0 spiro atoms. The van der Waals surface area contributed by atoms with E-state index in [1.54, 1.807) is 9.58 Å². The number of hydrogen-bond acceptors (Lipinski definition) is 5. The van der Waals surface area contributed by atoms with Gasteiger partial charge in [0.15, 0.2) is 9.84 Å². The molecule has 7 nitrogen and oxygen atoms in total. The minimum Gasteiger partial charge on any atom is -0.361 e. The fourth-order valence-corrected chi connectivity index (χ4v) is 6.73. The average Bonchev–Trinajstić information content (AvgIpc) is 3.29. The second-order valence-corrected chi connectivity index (χ2v) is 11.4. The first-order chi connectivity index (χ1) is 15.7. The summed E-state index contributed by atoms with van der Waals surface area (Å²) in [6.45, 7) is 4.26. The van der Waals surface area contributed by atoms with Gasteiger partial charge in [-0.15, -0.1) is 0 Å². The zero-order valence-corrected chi connectivity index (χ0v) is 20.0. The number of carbonyl (C=O) groups excluding carboxylic acids is 1. The van der Waals surface area contributed by atoms with Crippen LogP contribution in [-0.4, -0.2) is 40.5 Å². The van der Waals surface area contributed by atoms with Crippen molar-refractivity contribution < 1.29 is 13.2 Å². The molecule has 0 bridgehead atoms. The van der Waals surface area contributed by atoms with Gasteiger partial charge in [0.25, 0.3) is 5.91 Å². The van der Waals surface area contributed by atoms with Crippen molar-refractivity contribution in [3.63, 3.8) is 0 Å². The first-order valence-corrected chi connectivity index (χ1v) is 13.1. The summed E-state index contributed by atoms with van der Waals surface area (Å²) in [5.74, 6) is 0.0665. The van der Waals surface area contributed by atoms with Crippen molar-refractivity contribution in [1.82, 2.24) is 14.7 Å². The van der Waals surface area contributed by atoms with Crippen LogP contribution in [0.15, 0.2) is 48.5 Å². The van der Waals surface area contributed by atoms with Crippen molar-refractivity contribution in [2.45, 2.75) is 39.0 Å². The van der Waals surface area contributed by atoms with E-state index >= 15 is 0 Å². The molecule has 2 atom stereocenters. The van der Waals surface area contributed by atoms with Crippen LogP contribution in [-0.2, 0) is 16.4 Å². The van der Waals surface area contributed by atoms with E-state index in [2.05, 4.69) is 10.4 Å². The standard InChI is InChI=1S/C24H25ClN4O3S/c1-15-7-9-17(10-8-15)13-28-23(26-20-6-4-3-5-19(20)24(28)30)21-16(2)27-29(22(21)25)18-11-12-33(31,32)14-18/h3-10,18,23,26H,11-14H2,1-2H3. The van der Waals surface area contributed by atoms with Crippen LogP contribution in [0.5, 0.6) is 0 Å². The van der Waals surface area contributed by atoms with Crippen LogP contribution < -0.4 is 5.32 Å². The third-order valence-corrected chi connectivity index (χ3v) is 8.52. The molecule has 0 saturated carbocycles. The molecule has 5 rings (SSSR count). The summed E-state index contributed by atoms with van der Waals surface area (Å²) in [6.07, 6.45) is -0.0526. The number of nitrogens with zero attached hydrogens (tertiary/aromatic N) is 3. The van der Waals surface area contributed by atoms with Gasteiger partial charge in [0, 0.05) is 12.2 Å². The second kappa shape index (κ2) is 8.18. The Bertz CT molecular complexity index is 1330. The van der Waals surface area contributed by atoms with Crippen molar-refractivity contribution in [1.29, 1.82) is 0 Å². The number of nitrogens with one attached hydrogen (secondary N) is 1. The molecule has 2 unspecified atom stereocenters. The van der Waals surface area contributed by atoms with Crippen LogP contribution >= 0.6 is 11.6 Å². The number of aryl methyl sites for hydroxylation is 2. The highest BCUT2D eigenvalue weighted by molar-refractivity contribution is 7.91. The summed E-state index contributed by atoms with van der Waals surface area (Å²) in [6, 6.07) is 15.2. The Balaban J connectivity index is 1.57. The molecule has 0 aliphatic carbocycles. The Morgan fingerprint density at radius 1 is 1.12 bits per heavy atom. The summed E-state index contributed by atoms with van der Waals surface area (Å²) in [5, 5.41) is 8.45. The topological polar surface area (TPSA) is 84.3 Å². The molecule has 172 valence electrons. The van der Waals surface area contributed by atoms with E-state index in [-0.39, 0.29) is 23.5 Å². The van der Waals surface area contributed by atoms with E-state index in [1.807, 2.05) is 62.4 Å². The summed E-state index contributed by atoms with van der Waals surface area (Å²) in [4.78, 5) is 15.3. The largest absolute Gasteiger partial charge is 0.361 e. The molecule has 1 amide bonds. The Hall–Kier alpha value is -2.84. The zero-order valence-electron chi connectivity index (χ0n) is 18.5. The van der Waals surface area contributed by atoms with E-state index in [0.717, 1.165) is 16.8 Å². The molecule has 3 heterocycles. The Labute approximate surface area is 198 Å². The van der Waals surface area contributed by atoms with Crippen molar-refractivity contribution in [3.05, 3.63) is 81.6 Å². The molecular formula is C24H25ClN4O3S. The lowest BCUT2D eigenvalue weighted by atomic mass is 10.0. The maximum absolute atomic E-state index is 13.6. The number of amides is 1. The number of carbonyl (C=O) groups is 1. The Kier molecular flexibility index (Phi) is 5.45. The predicted octanol–water partition coefficient (Wildman–Crippen LogP) is 4.28. The van der Waals surface area contributed by atoms with Gasteiger partial charge in [0.2, 0.25) is 0 Å². The number of benzene rings is 2. The number of para-hydroxylation sites is 1. The minimum atomic E-state index is -3.09. The second-order valence-electron chi connectivity index (χ2n) is 8.80. The smallest absolute Gasteiger partial charge is 0.258 e. The number of fused-ring (bicyclic) bond motifs is 1. The van der Waals surface area contributed by atoms with Crippen LogP contribution in [0, 0.1) is 13.8 Å². The summed E-state index contributed by atoms with van der Waals surface area (Å²) < 4.78 is 25.7. The molecule has 2 aliphatic heterocycles. The molecule has 0 radical (unpaired) electrons. The molecular weight excluding hydrogens is 460 g/mol. The number of halogens is 1. The van der Waals surface area contributed by atoms with Gasteiger partial charge in [0.1, 0.15) is 11.3 Å². The van der Waals surface area contributed by atoms with E-state index in [0.29, 0.717) is 34.9 Å². The van der Waals surface area contributed by atoms with Gasteiger partial charge in [-0.2, -0.15) is 5.10 Å². The van der Waals surface area contributed by atoms with E-state index in [9.17, 15) is 13.2 Å². The Morgan fingerprint density at radius 2 is 1.85 bits per heavy atom. The van der Waals surface area contributed by atoms with E-state index < -0.39 is 16.0 Å². The van der Waals surface area contributed by atoms with Crippen molar-refractivity contribution >= 4 is 33.0 Å². The summed E-state index contributed by atoms with van der Waals surface area (Å²) in [5.41, 5.74) is 4.85. The molecule has 1 fully saturated rings. The summed E-state index contributed by atoms with van der Waals surface area (Å²) in [7, 11) is -3.09. The molecule has 1 saturated heterocycles. The maximum Gasteiger partial charge on any atom is 0.258 e. The van der Waals surface area contributed by atoms with Gasteiger partial charge in [-0.05, 0) is 38.0 Å². The maximum atomic E-state index is 13.6. The number of aromatic nitrogens is 2. The highest BCUT2D eigenvalue weighted by Gasteiger charge is 2.38. The molecule has 2 aliphatic rings. The number of sulfone groups is 1. The monoisotopic (exact) mass is 484 g/mol. The molecule has 3 aromatic rings. The zero-order chi connectivity index (χ0) is 23.3. The third kappa shape index (κ3) is 4.02. The van der Waals surface area contributed by atoms with E-state index in [4.69, 9.17) is 11.6 Å². The average molecular weight is 485 g/mol. The SMILES string of the molecule is Cc1ccc(CN2C(=O)c3ccccc3NC2c2c(C)nn(C3CCS(=O)(=O)C3)c2Cl)cc1. The van der Waals surface area contributed by atoms with Crippen LogP contribution in [0.3, 0.4) is 0 Å². The van der Waals surface area contributed by atoms with Gasteiger partial charge in [-0.25, -0.2) is 13.1 Å². The van der Waals surface area contributed by atoms with Crippen LogP contribution in [0.2, 0.25) is 5.15 Å². The van der Waals surface area contributed by atoms with Crippen LogP contribution in [0.1, 0.15) is 51.4 Å². The van der Waals surface area contributed by atoms with Gasteiger partial charge < -0.3 is 10.2 Å². The number of anilines is 1. The molecule has 33 heavy (non-hydrogen) atoms.